The number of pyridine rings is 1. The lowest BCUT2D eigenvalue weighted by molar-refractivity contribution is 0.230. The maximum atomic E-state index is 6.28. The number of fused-ring (bicyclic) bond motifs is 1. The second-order valence-corrected chi connectivity index (χ2v) is 6.82. The van der Waals surface area contributed by atoms with Crippen LogP contribution >= 0.6 is 11.6 Å². The van der Waals surface area contributed by atoms with Crippen LogP contribution in [0.2, 0.25) is 5.02 Å². The predicted molar refractivity (Wildman–Crippen MR) is 88.0 cm³/mol. The quantitative estimate of drug-likeness (QED) is 0.926. The van der Waals surface area contributed by atoms with Crippen molar-refractivity contribution in [3.8, 4) is 0 Å². The summed E-state index contributed by atoms with van der Waals surface area (Å²) in [5, 5.41) is 4.15. The van der Waals surface area contributed by atoms with E-state index in [-0.39, 0.29) is 0 Å². The maximum absolute atomic E-state index is 6.28. The molecular formula is C16H25ClN4. The molecule has 0 saturated carbocycles. The number of halogens is 1. The van der Waals surface area contributed by atoms with Crippen molar-refractivity contribution in [3.05, 3.63) is 22.8 Å². The summed E-state index contributed by atoms with van der Waals surface area (Å²) in [6.07, 6.45) is 2.67. The van der Waals surface area contributed by atoms with Crippen molar-refractivity contribution in [2.75, 3.05) is 31.1 Å². The van der Waals surface area contributed by atoms with Crippen LogP contribution < -0.4 is 10.2 Å². The van der Waals surface area contributed by atoms with E-state index in [2.05, 4.69) is 35.0 Å². The Balaban J connectivity index is 1.71. The fraction of sp³-hybridized carbons (Fsp3) is 0.688. The summed E-state index contributed by atoms with van der Waals surface area (Å²) in [5.41, 5.74) is 0.955. The largest absolute Gasteiger partial charge is 0.354 e. The first-order valence-electron chi connectivity index (χ1n) is 8.01. The molecule has 2 saturated heterocycles. The number of aromatic nitrogens is 1. The molecule has 4 nitrogen and oxygen atoms in total. The second-order valence-electron chi connectivity index (χ2n) is 6.41. The van der Waals surface area contributed by atoms with Gasteiger partial charge in [0.2, 0.25) is 0 Å². The third-order valence-corrected chi connectivity index (χ3v) is 4.84. The van der Waals surface area contributed by atoms with Crippen LogP contribution in [0.15, 0.2) is 12.1 Å². The van der Waals surface area contributed by atoms with E-state index < -0.39 is 0 Å². The van der Waals surface area contributed by atoms with E-state index in [1.807, 2.05) is 6.07 Å². The molecule has 0 spiro atoms. The molecular weight excluding hydrogens is 284 g/mol. The summed E-state index contributed by atoms with van der Waals surface area (Å²) >= 11 is 6.28. The van der Waals surface area contributed by atoms with E-state index in [9.17, 15) is 0 Å². The van der Waals surface area contributed by atoms with E-state index in [0.717, 1.165) is 42.7 Å². The van der Waals surface area contributed by atoms with Gasteiger partial charge in [-0.1, -0.05) is 25.4 Å². The fourth-order valence-electron chi connectivity index (χ4n) is 3.27. The molecule has 0 aromatic carbocycles. The predicted octanol–water partition coefficient (Wildman–Crippen LogP) is 2.52. The van der Waals surface area contributed by atoms with E-state index in [1.54, 1.807) is 0 Å². The second kappa shape index (κ2) is 6.51. The maximum Gasteiger partial charge on any atom is 0.129 e. The average molecular weight is 309 g/mol. The number of piperazine rings is 1. The zero-order valence-corrected chi connectivity index (χ0v) is 13.7. The highest BCUT2D eigenvalue weighted by atomic mass is 35.5. The van der Waals surface area contributed by atoms with Crippen LogP contribution in [0.4, 0.5) is 5.82 Å². The highest BCUT2D eigenvalue weighted by Gasteiger charge is 2.31. The first-order chi connectivity index (χ1) is 10.1. The van der Waals surface area contributed by atoms with Gasteiger partial charge in [-0.3, -0.25) is 4.90 Å². The normalized spacial score (nSPS) is 22.9. The molecule has 2 aliphatic heterocycles. The Bertz CT molecular complexity index is 491. The van der Waals surface area contributed by atoms with Crippen molar-refractivity contribution < 1.29 is 0 Å². The minimum absolute atomic E-state index is 0.438. The molecule has 5 heteroatoms. The van der Waals surface area contributed by atoms with Crippen LogP contribution in [-0.2, 0) is 6.54 Å². The lowest BCUT2D eigenvalue weighted by Crippen LogP contribution is -2.50. The molecule has 1 aromatic heterocycles. The highest BCUT2D eigenvalue weighted by molar-refractivity contribution is 6.31. The molecule has 2 fully saturated rings. The lowest BCUT2D eigenvalue weighted by atomic mass is 10.1. The summed E-state index contributed by atoms with van der Waals surface area (Å²) in [6.45, 7) is 9.61. The Labute approximate surface area is 132 Å². The van der Waals surface area contributed by atoms with E-state index in [1.165, 1.54) is 19.4 Å². The van der Waals surface area contributed by atoms with Crippen molar-refractivity contribution in [1.29, 1.82) is 0 Å². The van der Waals surface area contributed by atoms with Crippen LogP contribution in [-0.4, -0.2) is 48.1 Å². The molecule has 1 aromatic rings. The van der Waals surface area contributed by atoms with Crippen LogP contribution in [0.25, 0.3) is 0 Å². The number of nitrogens with one attached hydrogen (secondary N) is 1. The van der Waals surface area contributed by atoms with Gasteiger partial charge in [0, 0.05) is 38.3 Å². The van der Waals surface area contributed by atoms with E-state index in [0.29, 0.717) is 12.1 Å². The standard InChI is InChI=1S/C16H25ClN4/c1-12(2)18-10-15-14(17)5-6-16(19-15)21-9-8-20-7-3-4-13(20)11-21/h5-6,12-13,18H,3-4,7-11H2,1-2H3. The monoisotopic (exact) mass is 308 g/mol. The van der Waals surface area contributed by atoms with E-state index >= 15 is 0 Å². The number of rotatable bonds is 4. The molecule has 2 aliphatic rings. The average Bonchev–Trinajstić information content (AvgIpc) is 2.93. The van der Waals surface area contributed by atoms with Crippen molar-refractivity contribution in [2.24, 2.45) is 0 Å². The Morgan fingerprint density at radius 1 is 1.33 bits per heavy atom. The van der Waals surface area contributed by atoms with Gasteiger partial charge >= 0.3 is 0 Å². The molecule has 21 heavy (non-hydrogen) atoms. The van der Waals surface area contributed by atoms with Gasteiger partial charge in [0.05, 0.1) is 10.7 Å². The van der Waals surface area contributed by atoms with Crippen LogP contribution in [0.1, 0.15) is 32.4 Å². The van der Waals surface area contributed by atoms with Gasteiger partial charge in [-0.05, 0) is 31.5 Å². The summed E-state index contributed by atoms with van der Waals surface area (Å²) in [5.74, 6) is 1.08. The third-order valence-electron chi connectivity index (χ3n) is 4.49. The minimum atomic E-state index is 0.438. The zero-order valence-electron chi connectivity index (χ0n) is 13.0. The molecule has 116 valence electrons. The van der Waals surface area contributed by atoms with Gasteiger partial charge < -0.3 is 10.2 Å². The highest BCUT2D eigenvalue weighted by Crippen LogP contribution is 2.26. The molecule has 3 heterocycles. The SMILES string of the molecule is CC(C)NCc1nc(N2CCN3CCCC3C2)ccc1Cl. The number of anilines is 1. The molecule has 0 aliphatic carbocycles. The molecule has 1 unspecified atom stereocenters. The summed E-state index contributed by atoms with van der Waals surface area (Å²) < 4.78 is 0. The third kappa shape index (κ3) is 3.50. The van der Waals surface area contributed by atoms with Crippen LogP contribution in [0, 0.1) is 0 Å². The van der Waals surface area contributed by atoms with Crippen LogP contribution in [0.3, 0.4) is 0 Å². The Morgan fingerprint density at radius 3 is 3.00 bits per heavy atom. The van der Waals surface area contributed by atoms with Gasteiger partial charge in [0.1, 0.15) is 5.82 Å². The summed E-state index contributed by atoms with van der Waals surface area (Å²) in [6, 6.07) is 5.20. The van der Waals surface area contributed by atoms with Crippen molar-refractivity contribution in [1.82, 2.24) is 15.2 Å². The number of hydrogen-bond acceptors (Lipinski definition) is 4. The first-order valence-corrected chi connectivity index (χ1v) is 8.39. The van der Waals surface area contributed by atoms with Crippen molar-refractivity contribution in [2.45, 2.75) is 45.3 Å². The summed E-state index contributed by atoms with van der Waals surface area (Å²) in [4.78, 5) is 9.83. The Hall–Kier alpha value is -0.840. The first kappa shape index (κ1) is 15.1. The Kier molecular flexibility index (Phi) is 4.67. The van der Waals surface area contributed by atoms with Gasteiger partial charge in [-0.15, -0.1) is 0 Å². The summed E-state index contributed by atoms with van der Waals surface area (Å²) in [7, 11) is 0. The molecule has 1 N–H and O–H groups in total. The van der Waals surface area contributed by atoms with Gasteiger partial charge in [0.15, 0.2) is 0 Å². The Morgan fingerprint density at radius 2 is 2.19 bits per heavy atom. The van der Waals surface area contributed by atoms with Crippen molar-refractivity contribution >= 4 is 17.4 Å². The van der Waals surface area contributed by atoms with Crippen molar-refractivity contribution in [3.63, 3.8) is 0 Å². The van der Waals surface area contributed by atoms with E-state index in [4.69, 9.17) is 16.6 Å². The zero-order chi connectivity index (χ0) is 14.8. The smallest absolute Gasteiger partial charge is 0.129 e. The number of nitrogens with zero attached hydrogens (tertiary/aromatic N) is 3. The molecule has 3 rings (SSSR count). The van der Waals surface area contributed by atoms with Gasteiger partial charge in [-0.2, -0.15) is 0 Å². The molecule has 1 atom stereocenters. The number of hydrogen-bond donors (Lipinski definition) is 1. The fourth-order valence-corrected chi connectivity index (χ4v) is 3.44. The molecule has 0 radical (unpaired) electrons. The topological polar surface area (TPSA) is 31.4 Å². The molecule has 0 bridgehead atoms. The van der Waals surface area contributed by atoms with Gasteiger partial charge in [-0.25, -0.2) is 4.98 Å². The van der Waals surface area contributed by atoms with Gasteiger partial charge in [0.25, 0.3) is 0 Å². The lowest BCUT2D eigenvalue weighted by Gasteiger charge is -2.38. The van der Waals surface area contributed by atoms with Crippen LogP contribution in [0.5, 0.6) is 0 Å². The minimum Gasteiger partial charge on any atom is -0.354 e. The molecule has 0 amide bonds.